The van der Waals surface area contributed by atoms with Crippen LogP contribution in [-0.2, 0) is 9.53 Å². The molecule has 100 valence electrons. The summed E-state index contributed by atoms with van der Waals surface area (Å²) in [6, 6.07) is 0. The molecular weight excluding hydrogens is 224 g/mol. The molecule has 0 aliphatic carbocycles. The maximum Gasteiger partial charge on any atom is 0.333 e. The number of ether oxygens (including phenoxy) is 1. The Morgan fingerprint density at radius 2 is 2.06 bits per heavy atom. The van der Waals surface area contributed by atoms with Crippen LogP contribution in [0.1, 0.15) is 32.6 Å². The van der Waals surface area contributed by atoms with Crippen molar-refractivity contribution in [1.82, 2.24) is 0 Å². The first-order valence-corrected chi connectivity index (χ1v) is 5.85. The molecule has 0 aromatic heterocycles. The topological polar surface area (TPSA) is 87.0 Å². The highest BCUT2D eigenvalue weighted by atomic mass is 16.5. The van der Waals surface area contributed by atoms with Crippen LogP contribution in [0.25, 0.3) is 0 Å². The number of aliphatic hydroxyl groups excluding tert-OH is 3. The normalized spacial score (nSPS) is 13.5. The molecule has 0 aromatic carbocycles. The van der Waals surface area contributed by atoms with E-state index in [1.54, 1.807) is 13.0 Å². The largest absolute Gasteiger partial charge is 0.462 e. The molecule has 1 unspecified atom stereocenters. The van der Waals surface area contributed by atoms with Gasteiger partial charge in [-0.05, 0) is 26.2 Å². The van der Waals surface area contributed by atoms with Gasteiger partial charge >= 0.3 is 5.97 Å². The molecular formula is C12H22O5. The van der Waals surface area contributed by atoms with Crippen LogP contribution >= 0.6 is 0 Å². The van der Waals surface area contributed by atoms with E-state index in [4.69, 9.17) is 20.1 Å². The van der Waals surface area contributed by atoms with Gasteiger partial charge < -0.3 is 20.1 Å². The lowest BCUT2D eigenvalue weighted by atomic mass is 10.2. The molecule has 0 aliphatic heterocycles. The van der Waals surface area contributed by atoms with Crippen molar-refractivity contribution in [2.24, 2.45) is 0 Å². The second-order valence-corrected chi connectivity index (χ2v) is 3.87. The maximum atomic E-state index is 11.4. The lowest BCUT2D eigenvalue weighted by Crippen LogP contribution is -2.17. The number of carbonyl (C=O) groups excluding carboxylic acids is 1. The van der Waals surface area contributed by atoms with Crippen LogP contribution < -0.4 is 0 Å². The zero-order chi connectivity index (χ0) is 13.1. The van der Waals surface area contributed by atoms with Gasteiger partial charge in [-0.1, -0.05) is 6.08 Å². The number of unbranched alkanes of at least 4 members (excludes halogenated alkanes) is 2. The Morgan fingerprint density at radius 1 is 1.35 bits per heavy atom. The number of rotatable bonds is 9. The quantitative estimate of drug-likeness (QED) is 0.311. The first-order valence-electron chi connectivity index (χ1n) is 5.85. The van der Waals surface area contributed by atoms with E-state index >= 15 is 0 Å². The number of allylic oxidation sites excluding steroid dienone is 1. The van der Waals surface area contributed by atoms with Crippen LogP contribution in [0.15, 0.2) is 11.6 Å². The summed E-state index contributed by atoms with van der Waals surface area (Å²) in [4.78, 5) is 11.4. The third-order valence-corrected chi connectivity index (χ3v) is 2.28. The third kappa shape index (κ3) is 8.85. The van der Waals surface area contributed by atoms with Gasteiger partial charge in [0.1, 0.15) is 0 Å². The second-order valence-electron chi connectivity index (χ2n) is 3.87. The van der Waals surface area contributed by atoms with E-state index in [1.807, 2.05) is 0 Å². The zero-order valence-corrected chi connectivity index (χ0v) is 10.3. The van der Waals surface area contributed by atoms with E-state index in [2.05, 4.69) is 0 Å². The average molecular weight is 246 g/mol. The van der Waals surface area contributed by atoms with Crippen LogP contribution in [0, 0.1) is 0 Å². The summed E-state index contributed by atoms with van der Waals surface area (Å²) >= 11 is 0. The van der Waals surface area contributed by atoms with Gasteiger partial charge in [-0.2, -0.15) is 0 Å². The van der Waals surface area contributed by atoms with E-state index in [0.717, 1.165) is 19.3 Å². The fourth-order valence-electron chi connectivity index (χ4n) is 1.15. The average Bonchev–Trinajstić information content (AvgIpc) is 2.33. The minimum Gasteiger partial charge on any atom is -0.462 e. The molecule has 17 heavy (non-hydrogen) atoms. The molecule has 0 radical (unpaired) electrons. The van der Waals surface area contributed by atoms with Crippen molar-refractivity contribution >= 4 is 5.97 Å². The number of hydrogen-bond acceptors (Lipinski definition) is 5. The van der Waals surface area contributed by atoms with Crippen molar-refractivity contribution in [3.63, 3.8) is 0 Å². The Balaban J connectivity index is 3.73. The maximum absolute atomic E-state index is 11.4. The predicted molar refractivity (Wildman–Crippen MR) is 63.4 cm³/mol. The first-order chi connectivity index (χ1) is 8.11. The highest BCUT2D eigenvalue weighted by molar-refractivity contribution is 5.87. The minimum absolute atomic E-state index is 0.0996. The summed E-state index contributed by atoms with van der Waals surface area (Å²) in [7, 11) is 0. The van der Waals surface area contributed by atoms with Crippen molar-refractivity contribution < 1.29 is 24.9 Å². The zero-order valence-electron chi connectivity index (χ0n) is 10.3. The lowest BCUT2D eigenvalue weighted by molar-refractivity contribution is -0.139. The van der Waals surface area contributed by atoms with E-state index in [9.17, 15) is 4.79 Å². The van der Waals surface area contributed by atoms with Gasteiger partial charge in [0.2, 0.25) is 0 Å². The molecule has 5 nitrogen and oxygen atoms in total. The van der Waals surface area contributed by atoms with Gasteiger partial charge in [-0.3, -0.25) is 0 Å². The van der Waals surface area contributed by atoms with Crippen LogP contribution in [0.2, 0.25) is 0 Å². The molecule has 0 aliphatic rings. The Hall–Kier alpha value is -0.910. The van der Waals surface area contributed by atoms with Crippen molar-refractivity contribution in [2.45, 2.75) is 38.7 Å². The van der Waals surface area contributed by atoms with Crippen LogP contribution in [0.5, 0.6) is 0 Å². The van der Waals surface area contributed by atoms with Gasteiger partial charge in [0, 0.05) is 18.6 Å². The van der Waals surface area contributed by atoms with E-state index in [1.165, 1.54) is 0 Å². The predicted octanol–water partition coefficient (Wildman–Crippen LogP) is 0.382. The van der Waals surface area contributed by atoms with E-state index < -0.39 is 12.1 Å². The monoisotopic (exact) mass is 246 g/mol. The Bertz CT molecular complexity index is 237. The first kappa shape index (κ1) is 16.1. The molecule has 0 saturated heterocycles. The smallest absolute Gasteiger partial charge is 0.333 e. The summed E-state index contributed by atoms with van der Waals surface area (Å²) in [6.45, 7) is 1.61. The molecule has 0 fully saturated rings. The number of carbonyl (C=O) groups is 1. The van der Waals surface area contributed by atoms with Crippen molar-refractivity contribution in [3.05, 3.63) is 11.6 Å². The van der Waals surface area contributed by atoms with Gasteiger partial charge in [-0.15, -0.1) is 0 Å². The number of hydrogen-bond donors (Lipinski definition) is 3. The van der Waals surface area contributed by atoms with Crippen LogP contribution in [-0.4, -0.2) is 47.2 Å². The fraction of sp³-hybridized carbons (Fsp3) is 0.750. The number of aliphatic hydroxyl groups is 3. The molecule has 0 heterocycles. The molecule has 0 bridgehead atoms. The lowest BCUT2D eigenvalue weighted by Gasteiger charge is -2.08. The van der Waals surface area contributed by atoms with Gasteiger partial charge in [-0.25, -0.2) is 4.79 Å². The molecule has 5 heteroatoms. The summed E-state index contributed by atoms with van der Waals surface area (Å²) in [5.41, 5.74) is 0.529. The van der Waals surface area contributed by atoms with E-state index in [0.29, 0.717) is 5.57 Å². The molecule has 0 aromatic rings. The van der Waals surface area contributed by atoms with Gasteiger partial charge in [0.25, 0.3) is 0 Å². The van der Waals surface area contributed by atoms with Crippen molar-refractivity contribution in [1.29, 1.82) is 0 Å². The summed E-state index contributed by atoms with van der Waals surface area (Å²) in [5, 5.41) is 26.2. The SMILES string of the molecule is CC(=CCCCCO)C(=O)OCCC(O)CO. The molecule has 3 N–H and O–H groups in total. The summed E-state index contributed by atoms with van der Waals surface area (Å²) in [6.07, 6.45) is 3.48. The van der Waals surface area contributed by atoms with Gasteiger partial charge in [0.15, 0.2) is 0 Å². The molecule has 0 saturated carbocycles. The van der Waals surface area contributed by atoms with E-state index in [-0.39, 0.29) is 26.2 Å². The summed E-state index contributed by atoms with van der Waals surface area (Å²) in [5.74, 6) is -0.404. The molecule has 0 amide bonds. The highest BCUT2D eigenvalue weighted by Crippen LogP contribution is 2.03. The van der Waals surface area contributed by atoms with Crippen molar-refractivity contribution in [3.8, 4) is 0 Å². The third-order valence-electron chi connectivity index (χ3n) is 2.28. The van der Waals surface area contributed by atoms with Crippen LogP contribution in [0.3, 0.4) is 0 Å². The van der Waals surface area contributed by atoms with Gasteiger partial charge in [0.05, 0.1) is 19.3 Å². The summed E-state index contributed by atoms with van der Waals surface area (Å²) < 4.78 is 4.91. The molecule has 0 rings (SSSR count). The minimum atomic E-state index is -0.836. The highest BCUT2D eigenvalue weighted by Gasteiger charge is 2.07. The Labute approximate surface area is 102 Å². The fourth-order valence-corrected chi connectivity index (χ4v) is 1.15. The number of esters is 1. The van der Waals surface area contributed by atoms with Crippen molar-refractivity contribution in [2.75, 3.05) is 19.8 Å². The standard InChI is InChI=1S/C12H22O5/c1-10(5-3-2-4-7-13)12(16)17-8-6-11(15)9-14/h5,11,13-15H,2-4,6-9H2,1H3. The molecule has 0 spiro atoms. The van der Waals surface area contributed by atoms with Crippen LogP contribution in [0.4, 0.5) is 0 Å². The second kappa shape index (κ2) is 10.3. The Morgan fingerprint density at radius 3 is 2.65 bits per heavy atom. The Kier molecular flexibility index (Phi) is 9.71. The molecule has 1 atom stereocenters.